The van der Waals surface area contributed by atoms with Crippen LogP contribution in [0.15, 0.2) is 66.2 Å². The normalized spacial score (nSPS) is 10.3. The number of nitrogens with zero attached hydrogens (tertiary/aromatic N) is 1. The lowest BCUT2D eigenvalue weighted by atomic mass is 10.1. The Balaban J connectivity index is 1.45. The van der Waals surface area contributed by atoms with E-state index >= 15 is 0 Å². The van der Waals surface area contributed by atoms with Gasteiger partial charge >= 0.3 is 6.03 Å². The predicted octanol–water partition coefficient (Wildman–Crippen LogP) is 3.85. The zero-order valence-electron chi connectivity index (χ0n) is 13.2. The molecule has 4 nitrogen and oxygen atoms in total. The number of benzene rings is 2. The van der Waals surface area contributed by atoms with Crippen molar-refractivity contribution < 1.29 is 4.79 Å². The summed E-state index contributed by atoms with van der Waals surface area (Å²) in [6, 6.07) is 18.0. The predicted molar refractivity (Wildman–Crippen MR) is 97.9 cm³/mol. The van der Waals surface area contributed by atoms with Gasteiger partial charge in [-0.25, -0.2) is 9.78 Å². The fraction of sp³-hybridized carbons (Fsp3) is 0.158. The smallest absolute Gasteiger partial charge is 0.315 e. The minimum atomic E-state index is -0.148. The molecule has 0 spiro atoms. The molecular weight excluding hydrogens is 318 g/mol. The number of hydrogen-bond acceptors (Lipinski definition) is 3. The highest BCUT2D eigenvalue weighted by molar-refractivity contribution is 7.13. The van der Waals surface area contributed by atoms with Gasteiger partial charge in [0.2, 0.25) is 0 Å². The molecule has 0 bridgehead atoms. The van der Waals surface area contributed by atoms with Gasteiger partial charge in [-0.2, -0.15) is 0 Å². The Hall–Kier alpha value is -2.66. The van der Waals surface area contributed by atoms with E-state index in [0.29, 0.717) is 13.1 Å². The van der Waals surface area contributed by atoms with Crippen molar-refractivity contribution >= 4 is 17.4 Å². The second-order valence-corrected chi connectivity index (χ2v) is 6.28. The number of aromatic nitrogens is 1. The van der Waals surface area contributed by atoms with E-state index < -0.39 is 0 Å². The van der Waals surface area contributed by atoms with Gasteiger partial charge in [0.1, 0.15) is 5.01 Å². The summed E-state index contributed by atoms with van der Waals surface area (Å²) in [6.45, 7) is 1.12. The quantitative estimate of drug-likeness (QED) is 0.718. The average molecular weight is 337 g/mol. The van der Waals surface area contributed by atoms with Gasteiger partial charge in [-0.05, 0) is 23.6 Å². The fourth-order valence-corrected chi connectivity index (χ4v) is 3.03. The minimum absolute atomic E-state index is 0.148. The summed E-state index contributed by atoms with van der Waals surface area (Å²) in [5.41, 5.74) is 3.35. The van der Waals surface area contributed by atoms with Crippen LogP contribution in [0.5, 0.6) is 0 Å². The second-order valence-electron chi connectivity index (χ2n) is 5.38. The lowest BCUT2D eigenvalue weighted by Gasteiger charge is -2.08. The van der Waals surface area contributed by atoms with Crippen LogP contribution in [0.25, 0.3) is 10.6 Å². The number of rotatable bonds is 6. The summed E-state index contributed by atoms with van der Waals surface area (Å²) in [5.74, 6) is 0. The Morgan fingerprint density at radius 2 is 1.83 bits per heavy atom. The number of hydrogen-bond donors (Lipinski definition) is 2. The fourth-order valence-electron chi connectivity index (χ4n) is 2.39. The van der Waals surface area contributed by atoms with Gasteiger partial charge in [0, 0.05) is 30.2 Å². The minimum Gasteiger partial charge on any atom is -0.338 e. The molecule has 2 N–H and O–H groups in total. The summed E-state index contributed by atoms with van der Waals surface area (Å²) in [5, 5.41) is 8.72. The van der Waals surface area contributed by atoms with Gasteiger partial charge in [0.15, 0.2) is 0 Å². The monoisotopic (exact) mass is 337 g/mol. The van der Waals surface area contributed by atoms with Crippen molar-refractivity contribution in [3.05, 3.63) is 77.3 Å². The van der Waals surface area contributed by atoms with Gasteiger partial charge in [-0.1, -0.05) is 48.5 Å². The molecular formula is C19H19N3OS. The lowest BCUT2D eigenvalue weighted by Crippen LogP contribution is -2.36. The van der Waals surface area contributed by atoms with E-state index in [4.69, 9.17) is 0 Å². The molecule has 5 heteroatoms. The van der Waals surface area contributed by atoms with Crippen molar-refractivity contribution in [2.45, 2.75) is 13.0 Å². The van der Waals surface area contributed by atoms with Crippen LogP contribution in [0.2, 0.25) is 0 Å². The van der Waals surface area contributed by atoms with E-state index in [1.807, 2.05) is 41.8 Å². The number of carbonyl (C=O) groups is 1. The van der Waals surface area contributed by atoms with E-state index in [0.717, 1.165) is 22.6 Å². The molecule has 3 rings (SSSR count). The highest BCUT2D eigenvalue weighted by Gasteiger charge is 2.04. The van der Waals surface area contributed by atoms with Crippen molar-refractivity contribution in [2.24, 2.45) is 0 Å². The molecule has 0 fully saturated rings. The number of nitrogens with one attached hydrogen (secondary N) is 2. The molecule has 122 valence electrons. The topological polar surface area (TPSA) is 54.0 Å². The highest BCUT2D eigenvalue weighted by Crippen LogP contribution is 2.22. The third-order valence-electron chi connectivity index (χ3n) is 3.60. The summed E-state index contributed by atoms with van der Waals surface area (Å²) < 4.78 is 0. The Bertz CT molecular complexity index is 772. The summed E-state index contributed by atoms with van der Waals surface area (Å²) >= 11 is 1.61. The molecule has 0 aliphatic heterocycles. The SMILES string of the molecule is O=C(NCCc1ccccc1)NCc1cccc(-c2nccs2)c1. The molecule has 2 aromatic carbocycles. The number of carbonyl (C=O) groups excluding carboxylic acids is 1. The van der Waals surface area contributed by atoms with Crippen LogP contribution in [0, 0.1) is 0 Å². The van der Waals surface area contributed by atoms with Crippen LogP contribution in [0.3, 0.4) is 0 Å². The van der Waals surface area contributed by atoms with E-state index in [2.05, 4.69) is 33.8 Å². The largest absolute Gasteiger partial charge is 0.338 e. The van der Waals surface area contributed by atoms with Crippen LogP contribution in [-0.2, 0) is 13.0 Å². The van der Waals surface area contributed by atoms with E-state index in [1.165, 1.54) is 5.56 Å². The molecule has 0 radical (unpaired) electrons. The third kappa shape index (κ3) is 4.67. The maximum Gasteiger partial charge on any atom is 0.315 e. The van der Waals surface area contributed by atoms with Crippen LogP contribution in [0.4, 0.5) is 4.79 Å². The maximum absolute atomic E-state index is 11.9. The number of amides is 2. The molecule has 0 saturated heterocycles. The Kier molecular flexibility index (Phi) is 5.58. The van der Waals surface area contributed by atoms with Gasteiger partial charge in [0.05, 0.1) is 0 Å². The first-order valence-corrected chi connectivity index (χ1v) is 8.74. The Labute approximate surface area is 145 Å². The van der Waals surface area contributed by atoms with Crippen LogP contribution >= 0.6 is 11.3 Å². The molecule has 2 amide bonds. The van der Waals surface area contributed by atoms with E-state index in [9.17, 15) is 4.79 Å². The summed E-state index contributed by atoms with van der Waals surface area (Å²) in [4.78, 5) is 16.2. The Morgan fingerprint density at radius 3 is 2.62 bits per heavy atom. The average Bonchev–Trinajstić information content (AvgIpc) is 3.16. The zero-order valence-corrected chi connectivity index (χ0v) is 14.1. The molecule has 0 aliphatic carbocycles. The number of thiazole rings is 1. The first-order valence-electron chi connectivity index (χ1n) is 7.86. The molecule has 0 atom stereocenters. The standard InChI is InChI=1S/C19H19N3OS/c23-19(21-10-9-15-5-2-1-3-6-15)22-14-16-7-4-8-17(13-16)18-20-11-12-24-18/h1-8,11-13H,9-10,14H2,(H2,21,22,23). The molecule has 1 aromatic heterocycles. The van der Waals surface area contributed by atoms with Gasteiger partial charge in [-0.3, -0.25) is 0 Å². The molecule has 0 unspecified atom stereocenters. The lowest BCUT2D eigenvalue weighted by molar-refractivity contribution is 0.240. The van der Waals surface area contributed by atoms with E-state index in [1.54, 1.807) is 17.5 Å². The van der Waals surface area contributed by atoms with Crippen molar-refractivity contribution in [3.63, 3.8) is 0 Å². The number of urea groups is 1. The third-order valence-corrected chi connectivity index (χ3v) is 4.42. The van der Waals surface area contributed by atoms with Gasteiger partial charge in [-0.15, -0.1) is 11.3 Å². The van der Waals surface area contributed by atoms with Crippen molar-refractivity contribution in [1.29, 1.82) is 0 Å². The van der Waals surface area contributed by atoms with Crippen molar-refractivity contribution in [2.75, 3.05) is 6.54 Å². The van der Waals surface area contributed by atoms with Crippen LogP contribution in [0.1, 0.15) is 11.1 Å². The van der Waals surface area contributed by atoms with Gasteiger partial charge < -0.3 is 10.6 Å². The van der Waals surface area contributed by atoms with Crippen LogP contribution < -0.4 is 10.6 Å². The zero-order chi connectivity index (χ0) is 16.6. The first-order chi connectivity index (χ1) is 11.8. The molecule has 1 heterocycles. The molecule has 0 saturated carbocycles. The molecule has 3 aromatic rings. The Morgan fingerprint density at radius 1 is 1.00 bits per heavy atom. The van der Waals surface area contributed by atoms with E-state index in [-0.39, 0.29) is 6.03 Å². The van der Waals surface area contributed by atoms with Crippen molar-refractivity contribution in [1.82, 2.24) is 15.6 Å². The van der Waals surface area contributed by atoms with Crippen LogP contribution in [-0.4, -0.2) is 17.6 Å². The maximum atomic E-state index is 11.9. The molecule has 0 aliphatic rings. The van der Waals surface area contributed by atoms with Crippen molar-refractivity contribution in [3.8, 4) is 10.6 Å². The second kappa shape index (κ2) is 8.26. The van der Waals surface area contributed by atoms with Gasteiger partial charge in [0.25, 0.3) is 0 Å². The first kappa shape index (κ1) is 16.2. The summed E-state index contributed by atoms with van der Waals surface area (Å²) in [6.07, 6.45) is 2.62. The summed E-state index contributed by atoms with van der Waals surface area (Å²) in [7, 11) is 0. The highest BCUT2D eigenvalue weighted by atomic mass is 32.1. The molecule has 24 heavy (non-hydrogen) atoms.